The molecule has 1 fully saturated rings. The van der Waals surface area contributed by atoms with Gasteiger partial charge in [0.2, 0.25) is 0 Å². The normalized spacial score (nSPS) is 17.8. The molecule has 0 radical (unpaired) electrons. The zero-order valence-corrected chi connectivity index (χ0v) is 12.3. The third-order valence-corrected chi connectivity index (χ3v) is 4.79. The van der Waals surface area contributed by atoms with E-state index in [1.54, 1.807) is 0 Å². The highest BCUT2D eigenvalue weighted by Crippen LogP contribution is 2.39. The number of hydrogen-bond donors (Lipinski definition) is 0. The molecule has 0 saturated heterocycles. The van der Waals surface area contributed by atoms with Crippen LogP contribution in [0.3, 0.4) is 0 Å². The van der Waals surface area contributed by atoms with E-state index in [9.17, 15) is 0 Å². The average molecular weight is 313 g/mol. The van der Waals surface area contributed by atoms with Crippen LogP contribution in [0.1, 0.15) is 25.7 Å². The molecule has 2 rings (SSSR count). The maximum Gasteiger partial charge on any atom is 0.119 e. The van der Waals surface area contributed by atoms with Crippen molar-refractivity contribution in [3.8, 4) is 5.75 Å². The molecule has 1 aromatic rings. The monoisotopic (exact) mass is 312 g/mol. The maximum atomic E-state index is 5.78. The summed E-state index contributed by atoms with van der Waals surface area (Å²) in [4.78, 5) is 0. The second-order valence-electron chi connectivity index (χ2n) is 5.05. The largest absolute Gasteiger partial charge is 0.491 e. The first kappa shape index (κ1) is 13.9. The van der Waals surface area contributed by atoms with Crippen LogP contribution >= 0.6 is 15.9 Å². The Morgan fingerprint density at radius 1 is 1.06 bits per heavy atom. The van der Waals surface area contributed by atoms with Crippen molar-refractivity contribution in [2.45, 2.75) is 25.7 Å². The third-order valence-electron chi connectivity index (χ3n) is 3.60. The van der Waals surface area contributed by atoms with Crippen molar-refractivity contribution < 1.29 is 9.47 Å². The smallest absolute Gasteiger partial charge is 0.119 e. The molecule has 0 N–H and O–H groups in total. The summed E-state index contributed by atoms with van der Waals surface area (Å²) in [5.41, 5.74) is 0.382. The molecule has 1 aromatic carbocycles. The lowest BCUT2D eigenvalue weighted by Crippen LogP contribution is -2.26. The standard InChI is InChI=1S/C15H21BrO2/c16-12-15(8-4-5-9-15)13-17-10-11-18-14-6-2-1-3-7-14/h1-3,6-7H,4-5,8-13H2. The minimum absolute atomic E-state index is 0.382. The zero-order chi connectivity index (χ0) is 12.7. The van der Waals surface area contributed by atoms with Gasteiger partial charge in [0, 0.05) is 10.7 Å². The Kier molecular flexibility index (Phi) is 5.51. The van der Waals surface area contributed by atoms with E-state index < -0.39 is 0 Å². The van der Waals surface area contributed by atoms with Gasteiger partial charge in [-0.1, -0.05) is 47.0 Å². The quantitative estimate of drug-likeness (QED) is 0.559. The molecule has 0 unspecified atom stereocenters. The lowest BCUT2D eigenvalue weighted by Gasteiger charge is -2.26. The van der Waals surface area contributed by atoms with Crippen LogP contribution in [0.25, 0.3) is 0 Å². The summed E-state index contributed by atoms with van der Waals surface area (Å²) < 4.78 is 11.4. The Bertz CT molecular complexity index is 334. The van der Waals surface area contributed by atoms with E-state index in [0.29, 0.717) is 18.6 Å². The van der Waals surface area contributed by atoms with Crippen molar-refractivity contribution in [1.29, 1.82) is 0 Å². The molecule has 2 nitrogen and oxygen atoms in total. The number of benzene rings is 1. The Hall–Kier alpha value is -0.540. The average Bonchev–Trinajstić information content (AvgIpc) is 2.89. The topological polar surface area (TPSA) is 18.5 Å². The summed E-state index contributed by atoms with van der Waals surface area (Å²) in [7, 11) is 0. The lowest BCUT2D eigenvalue weighted by atomic mass is 9.90. The van der Waals surface area contributed by atoms with E-state index in [4.69, 9.17) is 9.47 Å². The van der Waals surface area contributed by atoms with Gasteiger partial charge in [-0.3, -0.25) is 0 Å². The van der Waals surface area contributed by atoms with Crippen LogP contribution in [0.4, 0.5) is 0 Å². The summed E-state index contributed by atoms with van der Waals surface area (Å²) in [6, 6.07) is 9.89. The predicted molar refractivity (Wildman–Crippen MR) is 77.5 cm³/mol. The van der Waals surface area contributed by atoms with E-state index >= 15 is 0 Å². The molecular weight excluding hydrogens is 292 g/mol. The van der Waals surface area contributed by atoms with Gasteiger partial charge in [0.05, 0.1) is 13.2 Å². The molecule has 1 aliphatic rings. The van der Waals surface area contributed by atoms with Crippen LogP contribution in [-0.2, 0) is 4.74 Å². The highest BCUT2D eigenvalue weighted by Gasteiger charge is 2.32. The molecule has 0 heterocycles. The Morgan fingerprint density at radius 3 is 2.44 bits per heavy atom. The molecule has 0 aromatic heterocycles. The van der Waals surface area contributed by atoms with E-state index in [0.717, 1.165) is 17.7 Å². The van der Waals surface area contributed by atoms with Crippen molar-refractivity contribution in [3.63, 3.8) is 0 Å². The highest BCUT2D eigenvalue weighted by molar-refractivity contribution is 9.09. The number of halogens is 1. The van der Waals surface area contributed by atoms with Crippen molar-refractivity contribution in [2.75, 3.05) is 25.2 Å². The molecule has 0 amide bonds. The first-order valence-electron chi connectivity index (χ1n) is 6.66. The first-order chi connectivity index (χ1) is 8.85. The Labute approximate surface area is 118 Å². The fourth-order valence-corrected chi connectivity index (χ4v) is 3.19. The SMILES string of the molecule is BrCC1(COCCOc2ccccc2)CCCC1. The molecule has 0 spiro atoms. The fourth-order valence-electron chi connectivity index (χ4n) is 2.47. The van der Waals surface area contributed by atoms with Crippen LogP contribution in [-0.4, -0.2) is 25.2 Å². The van der Waals surface area contributed by atoms with Crippen LogP contribution in [0.5, 0.6) is 5.75 Å². The third kappa shape index (κ3) is 3.99. The highest BCUT2D eigenvalue weighted by atomic mass is 79.9. The molecular formula is C15H21BrO2. The van der Waals surface area contributed by atoms with Gasteiger partial charge in [-0.15, -0.1) is 0 Å². The van der Waals surface area contributed by atoms with E-state index in [1.165, 1.54) is 25.7 Å². The first-order valence-corrected chi connectivity index (χ1v) is 7.78. The van der Waals surface area contributed by atoms with E-state index in [-0.39, 0.29) is 0 Å². The van der Waals surface area contributed by atoms with Crippen molar-refractivity contribution in [3.05, 3.63) is 30.3 Å². The molecule has 0 bridgehead atoms. The number of rotatable bonds is 7. The van der Waals surface area contributed by atoms with Gasteiger partial charge < -0.3 is 9.47 Å². The van der Waals surface area contributed by atoms with E-state index in [2.05, 4.69) is 15.9 Å². The van der Waals surface area contributed by atoms with Crippen LogP contribution in [0.15, 0.2) is 30.3 Å². The van der Waals surface area contributed by atoms with E-state index in [1.807, 2.05) is 30.3 Å². The van der Waals surface area contributed by atoms with Crippen molar-refractivity contribution in [2.24, 2.45) is 5.41 Å². The van der Waals surface area contributed by atoms with Crippen molar-refractivity contribution >= 4 is 15.9 Å². The number of para-hydroxylation sites is 1. The second-order valence-corrected chi connectivity index (χ2v) is 5.62. The lowest BCUT2D eigenvalue weighted by molar-refractivity contribution is 0.0418. The minimum Gasteiger partial charge on any atom is -0.491 e. The summed E-state index contributed by atoms with van der Waals surface area (Å²) in [6.07, 6.45) is 5.26. The van der Waals surface area contributed by atoms with Crippen molar-refractivity contribution in [1.82, 2.24) is 0 Å². The van der Waals surface area contributed by atoms with Gasteiger partial charge in [0.1, 0.15) is 12.4 Å². The molecule has 3 heteroatoms. The summed E-state index contributed by atoms with van der Waals surface area (Å²) in [6.45, 7) is 2.16. The Morgan fingerprint density at radius 2 is 1.78 bits per heavy atom. The predicted octanol–water partition coefficient (Wildman–Crippen LogP) is 4.04. The zero-order valence-electron chi connectivity index (χ0n) is 10.7. The van der Waals surface area contributed by atoms with Gasteiger partial charge in [-0.25, -0.2) is 0 Å². The summed E-state index contributed by atoms with van der Waals surface area (Å²) in [5.74, 6) is 0.914. The molecule has 18 heavy (non-hydrogen) atoms. The van der Waals surface area contributed by atoms with Gasteiger partial charge in [0.25, 0.3) is 0 Å². The second kappa shape index (κ2) is 7.15. The molecule has 0 aliphatic heterocycles. The maximum absolute atomic E-state index is 5.78. The molecule has 1 aliphatic carbocycles. The minimum atomic E-state index is 0.382. The number of hydrogen-bond acceptors (Lipinski definition) is 2. The van der Waals surface area contributed by atoms with Gasteiger partial charge in [0.15, 0.2) is 0 Å². The molecule has 100 valence electrons. The molecule has 0 atom stereocenters. The number of alkyl halides is 1. The van der Waals surface area contributed by atoms with Gasteiger partial charge >= 0.3 is 0 Å². The summed E-state index contributed by atoms with van der Waals surface area (Å²) in [5, 5.41) is 1.06. The van der Waals surface area contributed by atoms with Gasteiger partial charge in [-0.05, 0) is 25.0 Å². The number of ether oxygens (including phenoxy) is 2. The van der Waals surface area contributed by atoms with Crippen LogP contribution in [0, 0.1) is 5.41 Å². The van der Waals surface area contributed by atoms with Gasteiger partial charge in [-0.2, -0.15) is 0 Å². The fraction of sp³-hybridized carbons (Fsp3) is 0.600. The summed E-state index contributed by atoms with van der Waals surface area (Å²) >= 11 is 3.63. The van der Waals surface area contributed by atoms with Crippen LogP contribution in [0.2, 0.25) is 0 Å². The van der Waals surface area contributed by atoms with Crippen LogP contribution < -0.4 is 4.74 Å². The molecule has 1 saturated carbocycles. The Balaban J connectivity index is 1.61.